The molecule has 2 amide bonds. The fourth-order valence-corrected chi connectivity index (χ4v) is 5.57. The summed E-state index contributed by atoms with van der Waals surface area (Å²) < 4.78 is 29.9. The van der Waals surface area contributed by atoms with E-state index in [1.165, 1.54) is 11.8 Å². The Morgan fingerprint density at radius 3 is 2.94 bits per heavy atom. The van der Waals surface area contributed by atoms with Gasteiger partial charge in [-0.15, -0.1) is 4.36 Å². The third-order valence-electron chi connectivity index (χ3n) is 6.24. The molecule has 35 heavy (non-hydrogen) atoms. The first kappa shape index (κ1) is 23.3. The average molecular weight is 497 g/mol. The van der Waals surface area contributed by atoms with Gasteiger partial charge in [0.15, 0.2) is 9.92 Å². The maximum atomic E-state index is 13.3. The number of rotatable bonds is 4. The Hall–Kier alpha value is -3.44. The average Bonchev–Trinajstić information content (AvgIpc) is 3.45. The van der Waals surface area contributed by atoms with E-state index >= 15 is 0 Å². The SMILES string of the molecule is COc1cc(-c2ccc3c(c2NC(=O)N=[S@](N)(=O)c2cnn4c2OCC(C)(C)C4)CCC3)ccn1. The summed E-state index contributed by atoms with van der Waals surface area (Å²) in [7, 11) is -2.04. The van der Waals surface area contributed by atoms with Crippen molar-refractivity contribution in [2.75, 3.05) is 19.0 Å². The number of fused-ring (bicyclic) bond motifs is 2. The number of carbonyl (C=O) groups excluding carboxylic acids is 1. The zero-order valence-corrected chi connectivity index (χ0v) is 20.7. The van der Waals surface area contributed by atoms with Crippen LogP contribution in [0, 0.1) is 5.41 Å². The van der Waals surface area contributed by atoms with Crippen molar-refractivity contribution in [3.63, 3.8) is 0 Å². The molecule has 0 radical (unpaired) electrons. The summed E-state index contributed by atoms with van der Waals surface area (Å²) in [5.74, 6) is 0.752. The molecule has 2 aliphatic rings. The minimum absolute atomic E-state index is 0.112. The molecule has 3 heterocycles. The van der Waals surface area contributed by atoms with Crippen LogP contribution < -0.4 is 19.9 Å². The third kappa shape index (κ3) is 4.48. The fourth-order valence-electron chi connectivity index (χ4n) is 4.57. The maximum Gasteiger partial charge on any atom is 0.354 e. The van der Waals surface area contributed by atoms with Crippen LogP contribution in [0.25, 0.3) is 11.1 Å². The Labute approximate surface area is 204 Å². The van der Waals surface area contributed by atoms with Gasteiger partial charge in [0.25, 0.3) is 0 Å². The maximum absolute atomic E-state index is 13.3. The van der Waals surface area contributed by atoms with Crippen molar-refractivity contribution in [3.8, 4) is 22.9 Å². The second-order valence-corrected chi connectivity index (χ2v) is 11.3. The summed E-state index contributed by atoms with van der Waals surface area (Å²) >= 11 is 0. The highest BCUT2D eigenvalue weighted by molar-refractivity contribution is 7.91. The largest absolute Gasteiger partial charge is 0.481 e. The molecule has 1 aliphatic heterocycles. The molecule has 11 heteroatoms. The van der Waals surface area contributed by atoms with Gasteiger partial charge in [0.05, 0.1) is 32.1 Å². The van der Waals surface area contributed by atoms with Gasteiger partial charge in [-0.3, -0.25) is 0 Å². The van der Waals surface area contributed by atoms with Crippen LogP contribution in [0.3, 0.4) is 0 Å². The minimum atomic E-state index is -3.59. The van der Waals surface area contributed by atoms with E-state index in [0.717, 1.165) is 36.0 Å². The monoisotopic (exact) mass is 496 g/mol. The van der Waals surface area contributed by atoms with Gasteiger partial charge in [-0.25, -0.2) is 23.8 Å². The van der Waals surface area contributed by atoms with Crippen LogP contribution in [0.1, 0.15) is 31.4 Å². The normalized spacial score (nSPS) is 17.5. The number of nitrogens with two attached hydrogens (primary N) is 1. The number of nitrogens with one attached hydrogen (secondary N) is 1. The molecule has 1 aliphatic carbocycles. The molecule has 184 valence electrons. The van der Waals surface area contributed by atoms with E-state index in [1.54, 1.807) is 24.1 Å². The smallest absolute Gasteiger partial charge is 0.354 e. The summed E-state index contributed by atoms with van der Waals surface area (Å²) in [4.78, 5) is 17.3. The molecule has 5 rings (SSSR count). The Bertz CT molecular complexity index is 1440. The van der Waals surface area contributed by atoms with Crippen molar-refractivity contribution in [2.24, 2.45) is 14.9 Å². The minimum Gasteiger partial charge on any atom is -0.481 e. The molecule has 0 bridgehead atoms. The second-order valence-electron chi connectivity index (χ2n) is 9.58. The van der Waals surface area contributed by atoms with Crippen molar-refractivity contribution in [3.05, 3.63) is 47.8 Å². The molecule has 0 fully saturated rings. The van der Waals surface area contributed by atoms with Crippen LogP contribution in [0.15, 0.2) is 45.9 Å². The number of ether oxygens (including phenoxy) is 2. The fraction of sp³-hybridized carbons (Fsp3) is 0.375. The lowest BCUT2D eigenvalue weighted by atomic mass is 9.94. The number of methoxy groups -OCH3 is 1. The first-order valence-electron chi connectivity index (χ1n) is 11.4. The number of aryl methyl sites for hydroxylation is 1. The van der Waals surface area contributed by atoms with Gasteiger partial charge < -0.3 is 14.8 Å². The number of urea groups is 1. The highest BCUT2D eigenvalue weighted by Gasteiger charge is 2.32. The van der Waals surface area contributed by atoms with Gasteiger partial charge >= 0.3 is 6.03 Å². The second kappa shape index (κ2) is 8.65. The molecule has 2 aromatic heterocycles. The Morgan fingerprint density at radius 2 is 2.14 bits per heavy atom. The summed E-state index contributed by atoms with van der Waals surface area (Å²) in [5.41, 5.74) is 4.34. The standard InChI is InChI=1S/C24H28N6O4S/c1-24(2)13-30-22(34-14-24)19(12-27-30)35(25,32)29-23(31)28-21-17-6-4-5-15(17)7-8-18(21)16-9-10-26-20(11-16)33-3/h7-12H,4-6,13-14H2,1-3H3,(H3,25,28,29,31,32)/t35-/m0/s1. The molecule has 0 saturated heterocycles. The number of carbonyl (C=O) groups is 1. The van der Waals surface area contributed by atoms with E-state index in [2.05, 4.69) is 25.8 Å². The summed E-state index contributed by atoms with van der Waals surface area (Å²) in [6, 6.07) is 6.87. The number of hydrogen-bond acceptors (Lipinski definition) is 6. The van der Waals surface area contributed by atoms with Crippen LogP contribution in [0.2, 0.25) is 0 Å². The number of benzene rings is 1. The van der Waals surface area contributed by atoms with E-state index in [4.69, 9.17) is 14.6 Å². The van der Waals surface area contributed by atoms with Crippen LogP contribution in [0.5, 0.6) is 11.8 Å². The van der Waals surface area contributed by atoms with E-state index in [0.29, 0.717) is 30.6 Å². The van der Waals surface area contributed by atoms with E-state index in [9.17, 15) is 9.00 Å². The van der Waals surface area contributed by atoms with Gasteiger partial charge in [0.1, 0.15) is 4.90 Å². The highest BCUT2D eigenvalue weighted by Crippen LogP contribution is 2.38. The third-order valence-corrected chi connectivity index (χ3v) is 7.59. The van der Waals surface area contributed by atoms with Crippen LogP contribution in [-0.4, -0.2) is 38.7 Å². The molecule has 3 N–H and O–H groups in total. The van der Waals surface area contributed by atoms with Gasteiger partial charge in [-0.2, -0.15) is 5.10 Å². The van der Waals surface area contributed by atoms with Crippen LogP contribution in [-0.2, 0) is 29.3 Å². The van der Waals surface area contributed by atoms with Crippen molar-refractivity contribution in [1.29, 1.82) is 0 Å². The lowest BCUT2D eigenvalue weighted by Gasteiger charge is -2.30. The lowest BCUT2D eigenvalue weighted by molar-refractivity contribution is 0.0972. The summed E-state index contributed by atoms with van der Waals surface area (Å²) in [6.07, 6.45) is 5.75. The van der Waals surface area contributed by atoms with Gasteiger partial charge in [0.2, 0.25) is 11.8 Å². The zero-order chi connectivity index (χ0) is 24.8. The number of anilines is 1. The van der Waals surface area contributed by atoms with Crippen molar-refractivity contribution < 1.29 is 18.5 Å². The molecule has 0 saturated carbocycles. The highest BCUT2D eigenvalue weighted by atomic mass is 32.2. The quantitative estimate of drug-likeness (QED) is 0.564. The Morgan fingerprint density at radius 1 is 1.31 bits per heavy atom. The van der Waals surface area contributed by atoms with Gasteiger partial charge in [-0.05, 0) is 42.0 Å². The number of nitrogens with zero attached hydrogens (tertiary/aromatic N) is 4. The Kier molecular flexibility index (Phi) is 5.76. The van der Waals surface area contributed by atoms with Crippen molar-refractivity contribution >= 4 is 21.6 Å². The van der Waals surface area contributed by atoms with Crippen LogP contribution in [0.4, 0.5) is 10.5 Å². The number of amides is 2. The number of hydrogen-bond donors (Lipinski definition) is 2. The first-order valence-corrected chi connectivity index (χ1v) is 12.9. The predicted octanol–water partition coefficient (Wildman–Crippen LogP) is 3.79. The van der Waals surface area contributed by atoms with E-state index < -0.39 is 15.9 Å². The molecule has 3 aromatic rings. The molecule has 10 nitrogen and oxygen atoms in total. The van der Waals surface area contributed by atoms with Crippen LogP contribution >= 0.6 is 0 Å². The first-order chi connectivity index (χ1) is 16.7. The molecular weight excluding hydrogens is 468 g/mol. The molecule has 1 atom stereocenters. The van der Waals surface area contributed by atoms with Gasteiger partial charge in [0, 0.05) is 23.2 Å². The molecule has 0 spiro atoms. The molecule has 1 aromatic carbocycles. The summed E-state index contributed by atoms with van der Waals surface area (Å²) in [5, 5.41) is 13.2. The lowest BCUT2D eigenvalue weighted by Crippen LogP contribution is -2.33. The topological polar surface area (TPSA) is 134 Å². The van der Waals surface area contributed by atoms with Crippen molar-refractivity contribution in [2.45, 2.75) is 44.6 Å². The Balaban J connectivity index is 1.50. The van der Waals surface area contributed by atoms with Crippen molar-refractivity contribution in [1.82, 2.24) is 14.8 Å². The summed E-state index contributed by atoms with van der Waals surface area (Å²) in [6.45, 7) is 5.09. The predicted molar refractivity (Wildman–Crippen MR) is 132 cm³/mol. The zero-order valence-electron chi connectivity index (χ0n) is 19.9. The van der Waals surface area contributed by atoms with E-state index in [-0.39, 0.29) is 10.3 Å². The number of aromatic nitrogens is 3. The van der Waals surface area contributed by atoms with Gasteiger partial charge in [-0.1, -0.05) is 26.0 Å². The molecule has 0 unspecified atom stereocenters. The molecular formula is C24H28N6O4S. The number of pyridine rings is 1. The van der Waals surface area contributed by atoms with E-state index in [1.807, 2.05) is 26.0 Å².